The maximum Gasteiger partial charge on any atom is 0.0208 e. The van der Waals surface area contributed by atoms with Crippen LogP contribution in [-0.4, -0.2) is 17.5 Å². The molecule has 0 amide bonds. The van der Waals surface area contributed by atoms with Crippen molar-refractivity contribution >= 4 is 11.8 Å². The summed E-state index contributed by atoms with van der Waals surface area (Å²) in [5, 5.41) is 3.64. The Balaban J connectivity index is 1.79. The van der Waals surface area contributed by atoms with Crippen molar-refractivity contribution in [3.8, 4) is 0 Å². The molecule has 1 atom stereocenters. The van der Waals surface area contributed by atoms with E-state index in [0.29, 0.717) is 0 Å². The molecule has 1 saturated heterocycles. The van der Waals surface area contributed by atoms with Gasteiger partial charge in [-0.15, -0.1) is 0 Å². The molecule has 15 heavy (non-hydrogen) atoms. The lowest BCUT2D eigenvalue weighted by Gasteiger charge is -2.22. The molecular formula is C13H19NS. The Morgan fingerprint density at radius 1 is 1.33 bits per heavy atom. The molecule has 2 rings (SSSR count). The highest BCUT2D eigenvalue weighted by Gasteiger charge is 2.12. The average Bonchev–Trinajstić information content (AvgIpc) is 2.30. The van der Waals surface area contributed by atoms with Crippen molar-refractivity contribution < 1.29 is 0 Å². The molecule has 1 aliphatic heterocycles. The molecular weight excluding hydrogens is 202 g/mol. The summed E-state index contributed by atoms with van der Waals surface area (Å²) in [5.74, 6) is 2.63. The molecule has 82 valence electrons. The number of nitrogens with one attached hydrogen (secondary N) is 1. The minimum atomic E-state index is 0.727. The molecule has 0 saturated carbocycles. The van der Waals surface area contributed by atoms with E-state index in [-0.39, 0.29) is 0 Å². The normalized spacial score (nSPS) is 21.5. The predicted octanol–water partition coefficient (Wildman–Crippen LogP) is 2.98. The van der Waals surface area contributed by atoms with Gasteiger partial charge in [-0.1, -0.05) is 29.8 Å². The third-order valence-corrected chi connectivity index (χ3v) is 4.09. The summed E-state index contributed by atoms with van der Waals surface area (Å²) < 4.78 is 0. The van der Waals surface area contributed by atoms with E-state index in [1.807, 2.05) is 0 Å². The van der Waals surface area contributed by atoms with Crippen molar-refractivity contribution in [1.82, 2.24) is 5.32 Å². The third kappa shape index (κ3) is 3.54. The van der Waals surface area contributed by atoms with Crippen LogP contribution in [0.4, 0.5) is 0 Å². The second kappa shape index (κ2) is 5.57. The lowest BCUT2D eigenvalue weighted by atomic mass is 10.1. The number of aryl methyl sites for hydroxylation is 1. The molecule has 1 N–H and O–H groups in total. The maximum atomic E-state index is 3.64. The van der Waals surface area contributed by atoms with E-state index in [1.165, 1.54) is 35.5 Å². The van der Waals surface area contributed by atoms with E-state index in [9.17, 15) is 0 Å². The van der Waals surface area contributed by atoms with E-state index < -0.39 is 0 Å². The van der Waals surface area contributed by atoms with E-state index in [2.05, 4.69) is 48.3 Å². The summed E-state index contributed by atoms with van der Waals surface area (Å²) in [6.45, 7) is 3.15. The molecule has 0 bridgehead atoms. The Morgan fingerprint density at radius 3 is 2.80 bits per heavy atom. The van der Waals surface area contributed by atoms with Gasteiger partial charge in [0.15, 0.2) is 0 Å². The van der Waals surface area contributed by atoms with Crippen molar-refractivity contribution in [3.05, 3.63) is 35.4 Å². The van der Waals surface area contributed by atoms with Gasteiger partial charge in [0, 0.05) is 18.3 Å². The highest BCUT2D eigenvalue weighted by atomic mass is 32.2. The number of benzene rings is 1. The number of hydrogen-bond donors (Lipinski definition) is 1. The number of hydrogen-bond acceptors (Lipinski definition) is 2. The van der Waals surface area contributed by atoms with Gasteiger partial charge in [-0.05, 0) is 31.1 Å². The molecule has 1 aromatic carbocycles. The zero-order valence-corrected chi connectivity index (χ0v) is 10.1. The molecule has 2 heteroatoms. The van der Waals surface area contributed by atoms with Gasteiger partial charge in [-0.3, -0.25) is 0 Å². The summed E-state index contributed by atoms with van der Waals surface area (Å²) >= 11 is 2.08. The molecule has 1 heterocycles. The standard InChI is InChI=1S/C13H19NS/c1-11-4-6-12(7-5-11)9-14-13-3-2-8-15-10-13/h4-7,13-14H,2-3,8-10H2,1H3. The summed E-state index contributed by atoms with van der Waals surface area (Å²) in [6.07, 6.45) is 2.72. The maximum absolute atomic E-state index is 3.64. The minimum Gasteiger partial charge on any atom is -0.309 e. The van der Waals surface area contributed by atoms with Crippen molar-refractivity contribution in [1.29, 1.82) is 0 Å². The molecule has 0 radical (unpaired) electrons. The molecule has 1 aromatic rings. The van der Waals surface area contributed by atoms with Gasteiger partial charge < -0.3 is 5.32 Å². The Hall–Kier alpha value is -0.470. The van der Waals surface area contributed by atoms with Gasteiger partial charge in [0.2, 0.25) is 0 Å². The zero-order chi connectivity index (χ0) is 10.5. The largest absolute Gasteiger partial charge is 0.309 e. The third-order valence-electron chi connectivity index (χ3n) is 2.88. The zero-order valence-electron chi connectivity index (χ0n) is 9.33. The van der Waals surface area contributed by atoms with Crippen molar-refractivity contribution in [3.63, 3.8) is 0 Å². The van der Waals surface area contributed by atoms with Gasteiger partial charge in [0.25, 0.3) is 0 Å². The van der Waals surface area contributed by atoms with Crippen LogP contribution in [0.1, 0.15) is 24.0 Å². The molecule has 1 fully saturated rings. The van der Waals surface area contributed by atoms with Gasteiger partial charge in [0.1, 0.15) is 0 Å². The molecule has 1 unspecified atom stereocenters. The molecule has 0 aromatic heterocycles. The van der Waals surface area contributed by atoms with E-state index in [0.717, 1.165) is 12.6 Å². The van der Waals surface area contributed by atoms with Gasteiger partial charge in [-0.25, -0.2) is 0 Å². The van der Waals surface area contributed by atoms with Gasteiger partial charge in [0.05, 0.1) is 0 Å². The van der Waals surface area contributed by atoms with Crippen LogP contribution in [0.2, 0.25) is 0 Å². The van der Waals surface area contributed by atoms with Crippen molar-refractivity contribution in [2.75, 3.05) is 11.5 Å². The SMILES string of the molecule is Cc1ccc(CNC2CCCSC2)cc1. The van der Waals surface area contributed by atoms with Crippen LogP contribution in [0.5, 0.6) is 0 Å². The molecule has 1 aliphatic rings. The van der Waals surface area contributed by atoms with Crippen LogP contribution in [0.25, 0.3) is 0 Å². The second-order valence-corrected chi connectivity index (χ2v) is 5.43. The first-order chi connectivity index (χ1) is 7.34. The summed E-state index contributed by atoms with van der Waals surface area (Å²) in [5.41, 5.74) is 2.74. The van der Waals surface area contributed by atoms with E-state index in [1.54, 1.807) is 0 Å². The van der Waals surface area contributed by atoms with Crippen LogP contribution in [0.15, 0.2) is 24.3 Å². The molecule has 0 aliphatic carbocycles. The van der Waals surface area contributed by atoms with Crippen LogP contribution in [0, 0.1) is 6.92 Å². The predicted molar refractivity (Wildman–Crippen MR) is 68.4 cm³/mol. The Labute approximate surface area is 96.7 Å². The Kier molecular flexibility index (Phi) is 4.09. The number of thioether (sulfide) groups is 1. The van der Waals surface area contributed by atoms with Crippen LogP contribution < -0.4 is 5.32 Å². The van der Waals surface area contributed by atoms with Crippen LogP contribution in [-0.2, 0) is 6.54 Å². The van der Waals surface area contributed by atoms with Gasteiger partial charge >= 0.3 is 0 Å². The average molecular weight is 221 g/mol. The smallest absolute Gasteiger partial charge is 0.0208 e. The van der Waals surface area contributed by atoms with E-state index in [4.69, 9.17) is 0 Å². The highest BCUT2D eigenvalue weighted by molar-refractivity contribution is 7.99. The molecule has 1 nitrogen and oxygen atoms in total. The van der Waals surface area contributed by atoms with Gasteiger partial charge in [-0.2, -0.15) is 11.8 Å². The highest BCUT2D eigenvalue weighted by Crippen LogP contribution is 2.17. The van der Waals surface area contributed by atoms with Crippen molar-refractivity contribution in [2.45, 2.75) is 32.4 Å². The Morgan fingerprint density at radius 2 is 2.13 bits per heavy atom. The number of rotatable bonds is 3. The van der Waals surface area contributed by atoms with Crippen molar-refractivity contribution in [2.24, 2.45) is 0 Å². The second-order valence-electron chi connectivity index (χ2n) is 4.28. The summed E-state index contributed by atoms with van der Waals surface area (Å²) in [4.78, 5) is 0. The lowest BCUT2D eigenvalue weighted by molar-refractivity contribution is 0.507. The first kappa shape index (κ1) is 11.0. The van der Waals surface area contributed by atoms with Crippen LogP contribution >= 0.6 is 11.8 Å². The van der Waals surface area contributed by atoms with E-state index >= 15 is 0 Å². The quantitative estimate of drug-likeness (QED) is 0.842. The lowest BCUT2D eigenvalue weighted by Crippen LogP contribution is -2.33. The fraction of sp³-hybridized carbons (Fsp3) is 0.538. The summed E-state index contributed by atoms with van der Waals surface area (Å²) in [6, 6.07) is 9.54. The first-order valence-corrected chi connectivity index (χ1v) is 6.87. The Bertz CT molecular complexity index is 288. The monoisotopic (exact) mass is 221 g/mol. The fourth-order valence-electron chi connectivity index (χ4n) is 1.87. The minimum absolute atomic E-state index is 0.727. The summed E-state index contributed by atoms with van der Waals surface area (Å²) in [7, 11) is 0. The fourth-order valence-corrected chi connectivity index (χ4v) is 2.98. The first-order valence-electron chi connectivity index (χ1n) is 5.71. The topological polar surface area (TPSA) is 12.0 Å². The van der Waals surface area contributed by atoms with Crippen LogP contribution in [0.3, 0.4) is 0 Å². The molecule has 0 spiro atoms.